The SMILES string of the molecule is CCNC(=NCc1ccc(OC)cc1C(F)(F)F)NCCCOCC1CCOC1.I. The van der Waals surface area contributed by atoms with Crippen molar-refractivity contribution in [1.29, 1.82) is 0 Å². The highest BCUT2D eigenvalue weighted by atomic mass is 127. The summed E-state index contributed by atoms with van der Waals surface area (Å²) in [4.78, 5) is 4.29. The average Bonchev–Trinajstić information content (AvgIpc) is 3.21. The number of halogens is 4. The summed E-state index contributed by atoms with van der Waals surface area (Å²) in [5.41, 5.74) is -0.640. The van der Waals surface area contributed by atoms with Crippen LogP contribution in [0.3, 0.4) is 0 Å². The number of nitrogens with one attached hydrogen (secondary N) is 2. The lowest BCUT2D eigenvalue weighted by Crippen LogP contribution is -2.38. The molecule has 1 saturated heterocycles. The van der Waals surface area contributed by atoms with Crippen molar-refractivity contribution >= 4 is 29.9 Å². The smallest absolute Gasteiger partial charge is 0.416 e. The van der Waals surface area contributed by atoms with Crippen molar-refractivity contribution in [3.63, 3.8) is 0 Å². The van der Waals surface area contributed by atoms with Gasteiger partial charge in [-0.1, -0.05) is 6.07 Å². The van der Waals surface area contributed by atoms with Crippen LogP contribution in [0.1, 0.15) is 30.9 Å². The van der Waals surface area contributed by atoms with Crippen LogP contribution in [0.5, 0.6) is 5.75 Å². The third-order valence-electron chi connectivity index (χ3n) is 4.51. The van der Waals surface area contributed by atoms with Gasteiger partial charge < -0.3 is 24.8 Å². The maximum absolute atomic E-state index is 13.3. The lowest BCUT2D eigenvalue weighted by molar-refractivity contribution is -0.138. The summed E-state index contributed by atoms with van der Waals surface area (Å²) in [5, 5.41) is 6.17. The van der Waals surface area contributed by atoms with E-state index in [4.69, 9.17) is 14.2 Å². The fourth-order valence-electron chi connectivity index (χ4n) is 2.94. The summed E-state index contributed by atoms with van der Waals surface area (Å²) >= 11 is 0. The number of benzene rings is 1. The van der Waals surface area contributed by atoms with Gasteiger partial charge in [0.2, 0.25) is 0 Å². The number of ether oxygens (including phenoxy) is 3. The average molecular weight is 545 g/mol. The van der Waals surface area contributed by atoms with Crippen LogP contribution < -0.4 is 15.4 Å². The Kier molecular flexibility index (Phi) is 12.4. The molecule has 2 N–H and O–H groups in total. The van der Waals surface area contributed by atoms with Crippen molar-refractivity contribution in [1.82, 2.24) is 10.6 Å². The molecular formula is C20H31F3IN3O3. The molecule has 0 aromatic heterocycles. The molecule has 0 spiro atoms. The normalized spacial score (nSPS) is 16.8. The molecule has 1 aromatic rings. The van der Waals surface area contributed by atoms with Gasteiger partial charge in [0.25, 0.3) is 0 Å². The van der Waals surface area contributed by atoms with E-state index >= 15 is 0 Å². The van der Waals surface area contributed by atoms with E-state index in [1.165, 1.54) is 19.2 Å². The van der Waals surface area contributed by atoms with Crippen LogP contribution in [0.4, 0.5) is 13.2 Å². The summed E-state index contributed by atoms with van der Waals surface area (Å²) in [6.45, 7) is 5.92. The number of methoxy groups -OCH3 is 1. The van der Waals surface area contributed by atoms with Gasteiger partial charge in [-0.05, 0) is 37.5 Å². The number of hydrogen-bond donors (Lipinski definition) is 2. The fraction of sp³-hybridized carbons (Fsp3) is 0.650. The van der Waals surface area contributed by atoms with Gasteiger partial charge in [-0.25, -0.2) is 4.99 Å². The molecule has 1 aliphatic rings. The predicted octanol–water partition coefficient (Wildman–Crippen LogP) is 3.83. The van der Waals surface area contributed by atoms with Gasteiger partial charge in [-0.15, -0.1) is 24.0 Å². The Bertz CT molecular complexity index is 654. The molecule has 6 nitrogen and oxygen atoms in total. The summed E-state index contributed by atoms with van der Waals surface area (Å²) in [6.07, 6.45) is -2.65. The highest BCUT2D eigenvalue weighted by molar-refractivity contribution is 14.0. The fourth-order valence-corrected chi connectivity index (χ4v) is 2.94. The highest BCUT2D eigenvalue weighted by Crippen LogP contribution is 2.34. The molecule has 1 unspecified atom stereocenters. The first-order chi connectivity index (χ1) is 13.9. The van der Waals surface area contributed by atoms with E-state index in [0.29, 0.717) is 38.2 Å². The third kappa shape index (κ3) is 9.25. The summed E-state index contributed by atoms with van der Waals surface area (Å²) in [6, 6.07) is 3.90. The zero-order valence-electron chi connectivity index (χ0n) is 17.4. The predicted molar refractivity (Wildman–Crippen MR) is 121 cm³/mol. The Hall–Kier alpha value is -1.27. The molecule has 172 valence electrons. The molecule has 0 radical (unpaired) electrons. The molecule has 10 heteroatoms. The number of alkyl halides is 3. The van der Waals surface area contributed by atoms with Crippen molar-refractivity contribution < 1.29 is 27.4 Å². The van der Waals surface area contributed by atoms with E-state index in [9.17, 15) is 13.2 Å². The second kappa shape index (κ2) is 13.9. The summed E-state index contributed by atoms with van der Waals surface area (Å²) in [7, 11) is 1.34. The highest BCUT2D eigenvalue weighted by Gasteiger charge is 2.33. The van der Waals surface area contributed by atoms with E-state index < -0.39 is 11.7 Å². The van der Waals surface area contributed by atoms with Gasteiger partial charge >= 0.3 is 6.18 Å². The van der Waals surface area contributed by atoms with Crippen LogP contribution in [-0.2, 0) is 22.2 Å². The van der Waals surface area contributed by atoms with E-state index in [1.54, 1.807) is 0 Å². The van der Waals surface area contributed by atoms with Crippen LogP contribution in [0.15, 0.2) is 23.2 Å². The second-order valence-corrected chi connectivity index (χ2v) is 6.80. The Labute approximate surface area is 193 Å². The van der Waals surface area contributed by atoms with Crippen molar-refractivity contribution in [2.45, 2.75) is 32.5 Å². The molecule has 1 aliphatic heterocycles. The van der Waals surface area contributed by atoms with Gasteiger partial charge in [0.1, 0.15) is 5.75 Å². The van der Waals surface area contributed by atoms with Gasteiger partial charge in [-0.2, -0.15) is 13.2 Å². The lowest BCUT2D eigenvalue weighted by atomic mass is 10.1. The Balaban J connectivity index is 0.00000450. The van der Waals surface area contributed by atoms with Gasteiger partial charge in [-0.3, -0.25) is 0 Å². The van der Waals surface area contributed by atoms with Gasteiger partial charge in [0, 0.05) is 32.2 Å². The molecule has 0 amide bonds. The van der Waals surface area contributed by atoms with Gasteiger partial charge in [0.05, 0.1) is 32.4 Å². The minimum atomic E-state index is -4.47. The summed E-state index contributed by atoms with van der Waals surface area (Å²) in [5.74, 6) is 1.12. The monoisotopic (exact) mass is 545 g/mol. The molecular weight excluding hydrogens is 514 g/mol. The first-order valence-electron chi connectivity index (χ1n) is 9.85. The molecule has 1 atom stereocenters. The number of aliphatic imine (C=N–C) groups is 1. The van der Waals surface area contributed by atoms with Crippen LogP contribution in [0.2, 0.25) is 0 Å². The first kappa shape index (κ1) is 26.8. The van der Waals surface area contributed by atoms with E-state index in [-0.39, 0.29) is 41.8 Å². The number of nitrogens with zero attached hydrogens (tertiary/aromatic N) is 1. The maximum atomic E-state index is 13.3. The molecule has 1 aromatic carbocycles. The molecule has 2 rings (SSSR count). The summed E-state index contributed by atoms with van der Waals surface area (Å²) < 4.78 is 55.8. The van der Waals surface area contributed by atoms with Crippen molar-refractivity contribution in [3.05, 3.63) is 29.3 Å². The van der Waals surface area contributed by atoms with Crippen LogP contribution >= 0.6 is 24.0 Å². The zero-order valence-corrected chi connectivity index (χ0v) is 19.7. The van der Waals surface area contributed by atoms with Crippen LogP contribution in [0, 0.1) is 5.92 Å². The second-order valence-electron chi connectivity index (χ2n) is 6.80. The quantitative estimate of drug-likeness (QED) is 0.203. The molecule has 30 heavy (non-hydrogen) atoms. The molecule has 1 heterocycles. The molecule has 0 bridgehead atoms. The molecule has 1 fully saturated rings. The maximum Gasteiger partial charge on any atom is 0.416 e. The number of hydrogen-bond acceptors (Lipinski definition) is 4. The third-order valence-corrected chi connectivity index (χ3v) is 4.51. The topological polar surface area (TPSA) is 64.1 Å². The Morgan fingerprint density at radius 2 is 2.10 bits per heavy atom. The minimum Gasteiger partial charge on any atom is -0.497 e. The van der Waals surface area contributed by atoms with E-state index in [0.717, 1.165) is 32.1 Å². The van der Waals surface area contributed by atoms with Crippen LogP contribution in [0.25, 0.3) is 0 Å². The minimum absolute atomic E-state index is 0. The molecule has 0 aliphatic carbocycles. The standard InChI is InChI=1S/C20H30F3N3O3.HI/c1-3-24-19(25-8-4-9-28-13-15-7-10-29-14-15)26-12-16-5-6-17(27-2)11-18(16)20(21,22)23;/h5-6,11,15H,3-4,7-10,12-14H2,1-2H3,(H2,24,25,26);1H. The van der Waals surface area contributed by atoms with Gasteiger partial charge in [0.15, 0.2) is 5.96 Å². The van der Waals surface area contributed by atoms with E-state index in [1.807, 2.05) is 6.92 Å². The van der Waals surface area contributed by atoms with Crippen molar-refractivity contribution in [2.24, 2.45) is 10.9 Å². The number of guanidine groups is 1. The van der Waals surface area contributed by atoms with Crippen LogP contribution in [-0.4, -0.2) is 52.6 Å². The lowest BCUT2D eigenvalue weighted by Gasteiger charge is -2.15. The van der Waals surface area contributed by atoms with Crippen molar-refractivity contribution in [3.8, 4) is 5.75 Å². The van der Waals surface area contributed by atoms with Crippen molar-refractivity contribution in [2.75, 3.05) is 46.6 Å². The van der Waals surface area contributed by atoms with E-state index in [2.05, 4.69) is 15.6 Å². The largest absolute Gasteiger partial charge is 0.497 e. The zero-order chi connectivity index (χ0) is 21.1. The Morgan fingerprint density at radius 3 is 2.73 bits per heavy atom. The Morgan fingerprint density at radius 1 is 1.30 bits per heavy atom. The molecule has 0 saturated carbocycles. The first-order valence-corrected chi connectivity index (χ1v) is 9.85. The number of rotatable bonds is 10.